The molecular weight excluding hydrogens is 240 g/mol. The first-order valence-electron chi connectivity index (χ1n) is 6.21. The monoisotopic (exact) mass is 256 g/mol. The van der Waals surface area contributed by atoms with Crippen LogP contribution in [0.1, 0.15) is 17.2 Å². The topological polar surface area (TPSA) is 56.5 Å². The van der Waals surface area contributed by atoms with Crippen molar-refractivity contribution in [3.8, 4) is 11.5 Å². The maximum absolute atomic E-state index is 6.29. The third-order valence-corrected chi connectivity index (χ3v) is 3.31. The van der Waals surface area contributed by atoms with Crippen molar-refractivity contribution in [3.63, 3.8) is 0 Å². The Morgan fingerprint density at radius 3 is 2.42 bits per heavy atom. The third-order valence-electron chi connectivity index (χ3n) is 3.31. The second-order valence-corrected chi connectivity index (χ2v) is 4.46. The van der Waals surface area contributed by atoms with Crippen LogP contribution in [0.3, 0.4) is 0 Å². The number of nitrogens with one attached hydrogen (secondary N) is 1. The van der Waals surface area contributed by atoms with Crippen molar-refractivity contribution >= 4 is 5.69 Å². The van der Waals surface area contributed by atoms with Crippen LogP contribution < -0.4 is 20.5 Å². The maximum Gasteiger partial charge on any atom is 0.231 e. The number of ether oxygens (including phenoxy) is 2. The summed E-state index contributed by atoms with van der Waals surface area (Å²) in [6, 6.07) is 13.7. The lowest BCUT2D eigenvalue weighted by Gasteiger charge is -2.13. The number of nitrogens with two attached hydrogens (primary N) is 1. The van der Waals surface area contributed by atoms with Crippen molar-refractivity contribution in [1.82, 2.24) is 0 Å². The van der Waals surface area contributed by atoms with Crippen molar-refractivity contribution in [2.24, 2.45) is 5.73 Å². The molecule has 1 aliphatic rings. The van der Waals surface area contributed by atoms with E-state index in [1.807, 2.05) is 49.5 Å². The van der Waals surface area contributed by atoms with Crippen molar-refractivity contribution < 1.29 is 9.47 Å². The average molecular weight is 256 g/mol. The van der Waals surface area contributed by atoms with E-state index in [0.29, 0.717) is 0 Å². The second-order valence-electron chi connectivity index (χ2n) is 4.46. The zero-order chi connectivity index (χ0) is 13.2. The number of rotatable bonds is 3. The summed E-state index contributed by atoms with van der Waals surface area (Å²) in [4.78, 5) is 0. The highest BCUT2D eigenvalue weighted by molar-refractivity contribution is 5.49. The molecule has 0 saturated carbocycles. The van der Waals surface area contributed by atoms with Gasteiger partial charge in [-0.25, -0.2) is 0 Å². The smallest absolute Gasteiger partial charge is 0.231 e. The molecule has 98 valence electrons. The van der Waals surface area contributed by atoms with Gasteiger partial charge in [-0.1, -0.05) is 18.2 Å². The summed E-state index contributed by atoms with van der Waals surface area (Å²) in [5, 5.41) is 3.09. The largest absolute Gasteiger partial charge is 0.454 e. The molecule has 3 N–H and O–H groups in total. The molecule has 0 amide bonds. The Morgan fingerprint density at radius 1 is 1.00 bits per heavy atom. The number of anilines is 1. The molecular formula is C15H16N2O2. The average Bonchev–Trinajstić information content (AvgIpc) is 2.94. The minimum Gasteiger partial charge on any atom is -0.454 e. The predicted octanol–water partition coefficient (Wildman–Crippen LogP) is 2.51. The minimum atomic E-state index is -0.166. The van der Waals surface area contributed by atoms with Gasteiger partial charge in [-0.3, -0.25) is 0 Å². The molecule has 4 heteroatoms. The molecule has 1 atom stereocenters. The van der Waals surface area contributed by atoms with E-state index in [-0.39, 0.29) is 12.8 Å². The molecule has 1 aliphatic heterocycles. The number of hydrogen-bond acceptors (Lipinski definition) is 4. The maximum atomic E-state index is 6.29. The van der Waals surface area contributed by atoms with Crippen LogP contribution in [0.4, 0.5) is 5.69 Å². The summed E-state index contributed by atoms with van der Waals surface area (Å²) in [7, 11) is 1.90. The lowest BCUT2D eigenvalue weighted by atomic mass is 9.99. The Morgan fingerprint density at radius 2 is 1.68 bits per heavy atom. The molecule has 2 aromatic carbocycles. The van der Waals surface area contributed by atoms with Crippen molar-refractivity contribution in [2.45, 2.75) is 6.04 Å². The molecule has 0 spiro atoms. The van der Waals surface area contributed by atoms with Crippen LogP contribution in [0.15, 0.2) is 42.5 Å². The van der Waals surface area contributed by atoms with Gasteiger partial charge in [0.15, 0.2) is 11.5 Å². The summed E-state index contributed by atoms with van der Waals surface area (Å²) in [5.74, 6) is 1.54. The van der Waals surface area contributed by atoms with Gasteiger partial charge >= 0.3 is 0 Å². The Hall–Kier alpha value is -2.20. The number of benzene rings is 2. The fraction of sp³-hybridized carbons (Fsp3) is 0.200. The molecule has 0 aliphatic carbocycles. The SMILES string of the molecule is CNc1ccc(C(N)c2ccc3c(c2)OCO3)cc1. The number of fused-ring (bicyclic) bond motifs is 1. The van der Waals surface area contributed by atoms with Crippen LogP contribution in [0.25, 0.3) is 0 Å². The summed E-state index contributed by atoms with van der Waals surface area (Å²) in [5.41, 5.74) is 9.44. The highest BCUT2D eigenvalue weighted by Crippen LogP contribution is 2.35. The van der Waals surface area contributed by atoms with Gasteiger partial charge in [-0.05, 0) is 35.4 Å². The number of hydrogen-bond donors (Lipinski definition) is 2. The van der Waals surface area contributed by atoms with Crippen LogP contribution in [-0.4, -0.2) is 13.8 Å². The van der Waals surface area contributed by atoms with Gasteiger partial charge in [0, 0.05) is 12.7 Å². The third kappa shape index (κ3) is 2.22. The van der Waals surface area contributed by atoms with E-state index in [4.69, 9.17) is 15.2 Å². The molecule has 1 unspecified atom stereocenters. The van der Waals surface area contributed by atoms with Gasteiger partial charge in [0.2, 0.25) is 6.79 Å². The standard InChI is InChI=1S/C15H16N2O2/c1-17-12-5-2-10(3-6-12)15(16)11-4-7-13-14(8-11)19-9-18-13/h2-8,15,17H,9,16H2,1H3. The molecule has 2 aromatic rings. The van der Waals surface area contributed by atoms with Crippen molar-refractivity contribution in [1.29, 1.82) is 0 Å². The van der Waals surface area contributed by atoms with Crippen molar-refractivity contribution in [2.75, 3.05) is 19.2 Å². The van der Waals surface area contributed by atoms with E-state index < -0.39 is 0 Å². The summed E-state index contributed by atoms with van der Waals surface area (Å²) in [6.07, 6.45) is 0. The highest BCUT2D eigenvalue weighted by Gasteiger charge is 2.16. The first kappa shape index (κ1) is 11.9. The van der Waals surface area contributed by atoms with Gasteiger partial charge in [0.1, 0.15) is 0 Å². The molecule has 4 nitrogen and oxygen atoms in total. The Balaban J connectivity index is 1.88. The summed E-state index contributed by atoms with van der Waals surface area (Å²) >= 11 is 0. The molecule has 0 bridgehead atoms. The highest BCUT2D eigenvalue weighted by atomic mass is 16.7. The summed E-state index contributed by atoms with van der Waals surface area (Å²) < 4.78 is 10.7. The fourth-order valence-corrected chi connectivity index (χ4v) is 2.16. The van der Waals surface area contributed by atoms with Crippen LogP contribution in [0.5, 0.6) is 11.5 Å². The van der Waals surface area contributed by atoms with E-state index in [0.717, 1.165) is 28.3 Å². The molecule has 19 heavy (non-hydrogen) atoms. The molecule has 0 aromatic heterocycles. The first-order valence-corrected chi connectivity index (χ1v) is 6.21. The molecule has 1 heterocycles. The zero-order valence-corrected chi connectivity index (χ0v) is 10.7. The van der Waals surface area contributed by atoms with Gasteiger partial charge < -0.3 is 20.5 Å². The minimum absolute atomic E-state index is 0.166. The van der Waals surface area contributed by atoms with E-state index in [2.05, 4.69) is 5.32 Å². The van der Waals surface area contributed by atoms with E-state index in [1.165, 1.54) is 0 Å². The molecule has 0 radical (unpaired) electrons. The molecule has 3 rings (SSSR count). The van der Waals surface area contributed by atoms with Crippen LogP contribution >= 0.6 is 0 Å². The fourth-order valence-electron chi connectivity index (χ4n) is 2.16. The van der Waals surface area contributed by atoms with Crippen molar-refractivity contribution in [3.05, 3.63) is 53.6 Å². The van der Waals surface area contributed by atoms with Gasteiger partial charge in [-0.2, -0.15) is 0 Å². The van der Waals surface area contributed by atoms with E-state index in [9.17, 15) is 0 Å². The first-order chi connectivity index (χ1) is 9.28. The Bertz CT molecular complexity index is 581. The van der Waals surface area contributed by atoms with E-state index >= 15 is 0 Å². The van der Waals surface area contributed by atoms with E-state index in [1.54, 1.807) is 0 Å². The second kappa shape index (κ2) is 4.82. The van der Waals surface area contributed by atoms with Gasteiger partial charge in [0.25, 0.3) is 0 Å². The van der Waals surface area contributed by atoms with Crippen LogP contribution in [0.2, 0.25) is 0 Å². The summed E-state index contributed by atoms with van der Waals surface area (Å²) in [6.45, 7) is 0.283. The molecule has 0 saturated heterocycles. The van der Waals surface area contributed by atoms with Gasteiger partial charge in [-0.15, -0.1) is 0 Å². The Kier molecular flexibility index (Phi) is 3.01. The van der Waals surface area contributed by atoms with Gasteiger partial charge in [0.05, 0.1) is 6.04 Å². The predicted molar refractivity (Wildman–Crippen MR) is 74.6 cm³/mol. The zero-order valence-electron chi connectivity index (χ0n) is 10.7. The quantitative estimate of drug-likeness (QED) is 0.886. The lowest BCUT2D eigenvalue weighted by molar-refractivity contribution is 0.174. The van der Waals surface area contributed by atoms with Crippen LogP contribution in [-0.2, 0) is 0 Å². The Labute approximate surface area is 112 Å². The lowest BCUT2D eigenvalue weighted by Crippen LogP contribution is -2.11. The van der Waals surface area contributed by atoms with Crippen LogP contribution in [0, 0.1) is 0 Å². The molecule has 0 fully saturated rings. The normalized spacial score (nSPS) is 14.2.